The van der Waals surface area contributed by atoms with Crippen LogP contribution in [0.25, 0.3) is 22.5 Å². The van der Waals surface area contributed by atoms with Crippen LogP contribution in [-0.2, 0) is 11.2 Å². The lowest BCUT2D eigenvalue weighted by molar-refractivity contribution is -0.145. The summed E-state index contributed by atoms with van der Waals surface area (Å²) in [6, 6.07) is 22.5. The number of aromatic nitrogens is 2. The third-order valence-electron chi connectivity index (χ3n) is 11.0. The summed E-state index contributed by atoms with van der Waals surface area (Å²) >= 11 is 0. The van der Waals surface area contributed by atoms with Crippen LogP contribution in [0.2, 0.25) is 0 Å². The highest BCUT2D eigenvalue weighted by Gasteiger charge is 2.40. The van der Waals surface area contributed by atoms with Crippen LogP contribution in [-0.4, -0.2) is 68.4 Å². The van der Waals surface area contributed by atoms with E-state index < -0.39 is 41.6 Å². The molecule has 1 aliphatic heterocycles. The number of carbonyl (C=O) groups is 2. The maximum atomic E-state index is 14.0. The molecule has 0 radical (unpaired) electrons. The third kappa shape index (κ3) is 7.62. The van der Waals surface area contributed by atoms with Gasteiger partial charge in [-0.2, -0.15) is 0 Å². The van der Waals surface area contributed by atoms with Gasteiger partial charge in [-0.1, -0.05) is 67.4 Å². The van der Waals surface area contributed by atoms with Gasteiger partial charge in [-0.05, 0) is 71.3 Å². The summed E-state index contributed by atoms with van der Waals surface area (Å²) in [5.74, 6) is -3.93. The number of nitrogens with two attached hydrogens (primary N) is 1. The van der Waals surface area contributed by atoms with E-state index in [1.807, 2.05) is 23.2 Å². The molecule has 5 N–H and O–H groups in total. The molecule has 280 valence electrons. The molecule has 12 heteroatoms. The fourth-order valence-electron chi connectivity index (χ4n) is 8.08. The van der Waals surface area contributed by atoms with Gasteiger partial charge in [-0.25, -0.2) is 8.78 Å². The lowest BCUT2D eigenvalue weighted by Gasteiger charge is -2.43. The molecule has 2 fully saturated rings. The normalized spacial score (nSPS) is 21.3. The Morgan fingerprint density at radius 2 is 1.74 bits per heavy atom. The molecule has 5 atom stereocenters. The van der Waals surface area contributed by atoms with Crippen LogP contribution in [0.1, 0.15) is 77.8 Å². The Balaban J connectivity index is 0.000000178. The minimum atomic E-state index is -1.03. The van der Waals surface area contributed by atoms with E-state index in [-0.39, 0.29) is 35.5 Å². The number of nitrogen functional groups attached to an aromatic ring is 1. The summed E-state index contributed by atoms with van der Waals surface area (Å²) in [6.45, 7) is 2.96. The van der Waals surface area contributed by atoms with Crippen molar-refractivity contribution in [3.05, 3.63) is 125 Å². The SMILES string of the molecule is C[C@@H](c1ccccn1)c1ccc2c(c1N)Cc1ccccc1-2.O=C(N[C@@H]1CCN([C@@H]2CCCC[C@H]2O)C[C@H]1C(=O)O)c1cc(-c2ccc(F)cc2F)on1. The first-order valence-electron chi connectivity index (χ1n) is 18.4. The maximum absolute atomic E-state index is 14.0. The van der Waals surface area contributed by atoms with Gasteiger partial charge in [0.25, 0.3) is 5.91 Å². The minimum Gasteiger partial charge on any atom is -0.481 e. The van der Waals surface area contributed by atoms with Crippen LogP contribution >= 0.6 is 0 Å². The molecule has 1 amide bonds. The Labute approximate surface area is 312 Å². The Bertz CT molecular complexity index is 2140. The zero-order valence-electron chi connectivity index (χ0n) is 29.9. The summed E-state index contributed by atoms with van der Waals surface area (Å²) in [7, 11) is 0. The number of carboxylic acids is 1. The Morgan fingerprint density at radius 1 is 0.963 bits per heavy atom. The van der Waals surface area contributed by atoms with Gasteiger partial charge in [0, 0.05) is 67.2 Å². The number of nitrogens with one attached hydrogen (secondary N) is 1. The number of piperidine rings is 1. The second kappa shape index (κ2) is 15.9. The average Bonchev–Trinajstić information content (AvgIpc) is 3.82. The van der Waals surface area contributed by atoms with Crippen molar-refractivity contribution >= 4 is 17.6 Å². The third-order valence-corrected chi connectivity index (χ3v) is 11.0. The van der Waals surface area contributed by atoms with Crippen molar-refractivity contribution in [1.29, 1.82) is 0 Å². The van der Waals surface area contributed by atoms with Crippen molar-refractivity contribution in [2.45, 2.75) is 69.6 Å². The standard InChI is InChI=1S/C22H25F2N3O5.C20H18N2/c23-12-5-6-13(15(24)9-12)20-10-17(26-32-20)21(29)25-16-7-8-27(11-14(16)22(30)31)18-3-1-2-4-19(18)28;1-13(19-8-4-5-11-22-19)15-9-10-17-16-7-3-2-6-14(16)12-18(17)20(15)21/h5-6,9-10,14,16,18-19,28H,1-4,7-8,11H2,(H,25,29)(H,30,31);2-11,13H,12,21H2,1H3/t14-,16-,18-,19-;13-/m11/s1. The molecule has 5 aromatic rings. The quantitative estimate of drug-likeness (QED) is 0.129. The van der Waals surface area contributed by atoms with Gasteiger partial charge in [0.1, 0.15) is 11.6 Å². The van der Waals surface area contributed by atoms with Crippen molar-refractivity contribution in [3.63, 3.8) is 0 Å². The summed E-state index contributed by atoms with van der Waals surface area (Å²) in [4.78, 5) is 31.1. The Hall–Kier alpha value is -5.46. The van der Waals surface area contributed by atoms with Crippen LogP contribution in [0.5, 0.6) is 0 Å². The number of pyridine rings is 1. The highest BCUT2D eigenvalue weighted by Crippen LogP contribution is 2.42. The van der Waals surface area contributed by atoms with Crippen molar-refractivity contribution in [1.82, 2.24) is 20.4 Å². The Morgan fingerprint density at radius 3 is 2.50 bits per heavy atom. The second-order valence-corrected chi connectivity index (χ2v) is 14.3. The monoisotopic (exact) mass is 735 g/mol. The molecular formula is C42H43F2N5O5. The van der Waals surface area contributed by atoms with E-state index in [0.717, 1.165) is 43.1 Å². The van der Waals surface area contributed by atoms with Gasteiger partial charge in [0.2, 0.25) is 0 Å². The molecule has 8 rings (SSSR count). The van der Waals surface area contributed by atoms with Crippen LogP contribution in [0, 0.1) is 17.6 Å². The fourth-order valence-corrected chi connectivity index (χ4v) is 8.08. The Kier molecular flexibility index (Phi) is 10.8. The van der Waals surface area contributed by atoms with Crippen molar-refractivity contribution in [3.8, 4) is 22.5 Å². The largest absolute Gasteiger partial charge is 0.481 e. The number of carbonyl (C=O) groups excluding carboxylic acids is 1. The summed E-state index contributed by atoms with van der Waals surface area (Å²) in [6.07, 6.45) is 6.21. The topological polar surface area (TPSA) is 155 Å². The first kappa shape index (κ1) is 36.9. The highest BCUT2D eigenvalue weighted by atomic mass is 19.1. The molecule has 2 aliphatic carbocycles. The maximum Gasteiger partial charge on any atom is 0.309 e. The van der Waals surface area contributed by atoms with Gasteiger partial charge < -0.3 is 25.8 Å². The zero-order valence-corrected chi connectivity index (χ0v) is 29.9. The molecule has 3 heterocycles. The summed E-state index contributed by atoms with van der Waals surface area (Å²) < 4.78 is 32.1. The number of aliphatic hydroxyl groups is 1. The van der Waals surface area contributed by atoms with E-state index in [0.29, 0.717) is 25.5 Å². The lowest BCUT2D eigenvalue weighted by atomic mass is 9.86. The van der Waals surface area contributed by atoms with E-state index in [4.69, 9.17) is 10.3 Å². The predicted molar refractivity (Wildman–Crippen MR) is 200 cm³/mol. The molecule has 1 saturated heterocycles. The molecule has 10 nitrogen and oxygen atoms in total. The molecule has 3 aliphatic rings. The van der Waals surface area contributed by atoms with Crippen molar-refractivity contribution in [2.75, 3.05) is 18.8 Å². The minimum absolute atomic E-state index is 0.0384. The molecule has 0 unspecified atom stereocenters. The number of aliphatic hydroxyl groups excluding tert-OH is 1. The number of benzene rings is 3. The van der Waals surface area contributed by atoms with Crippen LogP contribution in [0.15, 0.2) is 89.6 Å². The zero-order chi connectivity index (χ0) is 37.9. The number of hydrogen-bond donors (Lipinski definition) is 4. The fraction of sp³-hybridized carbons (Fsp3) is 0.333. The van der Waals surface area contributed by atoms with E-state index >= 15 is 0 Å². The number of likely N-dealkylation sites (tertiary alicyclic amines) is 1. The van der Waals surface area contributed by atoms with Crippen molar-refractivity contribution < 1.29 is 33.1 Å². The molecule has 54 heavy (non-hydrogen) atoms. The molecule has 1 saturated carbocycles. The van der Waals surface area contributed by atoms with Crippen LogP contribution in [0.3, 0.4) is 0 Å². The van der Waals surface area contributed by atoms with Crippen molar-refractivity contribution in [2.24, 2.45) is 5.92 Å². The number of rotatable bonds is 7. The van der Waals surface area contributed by atoms with Gasteiger partial charge in [0.15, 0.2) is 11.5 Å². The number of anilines is 1. The highest BCUT2D eigenvalue weighted by molar-refractivity contribution is 5.93. The molecule has 0 bridgehead atoms. The second-order valence-electron chi connectivity index (χ2n) is 14.3. The number of halogens is 2. The molecular weight excluding hydrogens is 692 g/mol. The van der Waals surface area contributed by atoms with Gasteiger partial charge >= 0.3 is 5.97 Å². The summed E-state index contributed by atoms with van der Waals surface area (Å²) in [5, 5.41) is 26.4. The smallest absolute Gasteiger partial charge is 0.309 e. The first-order valence-corrected chi connectivity index (χ1v) is 18.4. The van der Waals surface area contributed by atoms with E-state index in [1.165, 1.54) is 39.9 Å². The first-order chi connectivity index (χ1) is 26.1. The number of amides is 1. The van der Waals surface area contributed by atoms with Crippen LogP contribution in [0.4, 0.5) is 14.5 Å². The van der Waals surface area contributed by atoms with Gasteiger partial charge in [-0.15, -0.1) is 0 Å². The number of hydrogen-bond acceptors (Lipinski definition) is 8. The van der Waals surface area contributed by atoms with E-state index in [9.17, 15) is 28.6 Å². The lowest BCUT2D eigenvalue weighted by Crippen LogP contribution is -2.58. The van der Waals surface area contributed by atoms with Gasteiger partial charge in [-0.3, -0.25) is 19.5 Å². The average molecular weight is 736 g/mol. The van der Waals surface area contributed by atoms with Gasteiger partial charge in [0.05, 0.1) is 17.6 Å². The number of nitrogens with zero attached hydrogens (tertiary/aromatic N) is 3. The number of carboxylic acid groups (broad SMARTS) is 1. The summed E-state index contributed by atoms with van der Waals surface area (Å²) in [5.41, 5.74) is 14.7. The van der Waals surface area contributed by atoms with Crippen LogP contribution < -0.4 is 11.1 Å². The molecule has 3 aromatic carbocycles. The molecule has 2 aromatic heterocycles. The van der Waals surface area contributed by atoms with E-state index in [2.05, 4.69) is 64.8 Å². The van der Waals surface area contributed by atoms with E-state index in [1.54, 1.807) is 0 Å². The predicted octanol–water partition coefficient (Wildman–Crippen LogP) is 6.82. The molecule has 0 spiro atoms. The number of fused-ring (bicyclic) bond motifs is 3. The number of aliphatic carboxylic acids is 1.